The Morgan fingerprint density at radius 1 is 0.915 bits per heavy atom. The SMILES string of the molecule is CC(=O)N1C(C)CN(c2nc3c(c(-c4ccccc4C)n2)C(=O)N(Cc2cc(C(F)(F)F)cc(C(F)(F)F)c2)C[C@@H](C)CO3)CC1C. The van der Waals surface area contributed by atoms with E-state index in [1.807, 2.05) is 37.8 Å². The molecular formula is C33H35F6N5O3. The Morgan fingerprint density at radius 3 is 2.06 bits per heavy atom. The number of carbonyl (C=O) groups excluding carboxylic acids is 2. The first kappa shape index (κ1) is 34.0. The third kappa shape index (κ3) is 7.15. The fourth-order valence-corrected chi connectivity index (χ4v) is 6.37. The van der Waals surface area contributed by atoms with Crippen molar-refractivity contribution in [3.8, 4) is 17.1 Å². The lowest BCUT2D eigenvalue weighted by atomic mass is 9.99. The minimum Gasteiger partial charge on any atom is -0.477 e. The van der Waals surface area contributed by atoms with Crippen molar-refractivity contribution >= 4 is 17.8 Å². The van der Waals surface area contributed by atoms with Crippen LogP contribution in [0.15, 0.2) is 42.5 Å². The fraction of sp³-hybridized carbons (Fsp3) is 0.455. The molecule has 0 radical (unpaired) electrons. The lowest BCUT2D eigenvalue weighted by molar-refractivity contribution is -0.143. The van der Waals surface area contributed by atoms with Crippen LogP contribution in [0.25, 0.3) is 11.3 Å². The van der Waals surface area contributed by atoms with Gasteiger partial charge in [0.25, 0.3) is 5.91 Å². The summed E-state index contributed by atoms with van der Waals surface area (Å²) in [5.74, 6) is -0.867. The van der Waals surface area contributed by atoms with E-state index < -0.39 is 35.9 Å². The van der Waals surface area contributed by atoms with Gasteiger partial charge in [0, 0.05) is 56.7 Å². The zero-order chi connectivity index (χ0) is 34.4. The van der Waals surface area contributed by atoms with E-state index in [0.717, 1.165) is 5.56 Å². The smallest absolute Gasteiger partial charge is 0.416 e. The number of halogens is 6. The van der Waals surface area contributed by atoms with Crippen molar-refractivity contribution in [3.05, 3.63) is 70.3 Å². The summed E-state index contributed by atoms with van der Waals surface area (Å²) in [6.07, 6.45) is -10.1. The number of aromatic nitrogens is 2. The maximum atomic E-state index is 14.4. The van der Waals surface area contributed by atoms with Gasteiger partial charge < -0.3 is 19.4 Å². The average molecular weight is 664 g/mol. The van der Waals surface area contributed by atoms with Crippen molar-refractivity contribution in [3.63, 3.8) is 0 Å². The van der Waals surface area contributed by atoms with Crippen molar-refractivity contribution in [1.82, 2.24) is 19.8 Å². The Labute approximate surface area is 268 Å². The molecular weight excluding hydrogens is 628 g/mol. The number of rotatable bonds is 4. The second kappa shape index (κ2) is 12.7. The summed E-state index contributed by atoms with van der Waals surface area (Å²) in [7, 11) is 0. The molecule has 0 aliphatic carbocycles. The largest absolute Gasteiger partial charge is 0.477 e. The van der Waals surface area contributed by atoms with Gasteiger partial charge in [-0.1, -0.05) is 31.2 Å². The van der Waals surface area contributed by atoms with E-state index in [-0.39, 0.29) is 71.8 Å². The van der Waals surface area contributed by atoms with Crippen LogP contribution >= 0.6 is 0 Å². The van der Waals surface area contributed by atoms with E-state index in [1.54, 1.807) is 24.0 Å². The Morgan fingerprint density at radius 2 is 1.51 bits per heavy atom. The number of carbonyl (C=O) groups is 2. The van der Waals surface area contributed by atoms with Gasteiger partial charge in [0.15, 0.2) is 0 Å². The zero-order valence-corrected chi connectivity index (χ0v) is 26.5. The number of hydrogen-bond donors (Lipinski definition) is 0. The maximum absolute atomic E-state index is 14.4. The highest BCUT2D eigenvalue weighted by Gasteiger charge is 2.39. The highest BCUT2D eigenvalue weighted by molar-refractivity contribution is 6.02. The van der Waals surface area contributed by atoms with Crippen LogP contribution in [-0.2, 0) is 23.7 Å². The summed E-state index contributed by atoms with van der Waals surface area (Å²) in [6.45, 7) is 9.28. The summed E-state index contributed by atoms with van der Waals surface area (Å²) in [4.78, 5) is 41.1. The number of amides is 2. The molecule has 1 fully saturated rings. The van der Waals surface area contributed by atoms with Gasteiger partial charge >= 0.3 is 12.4 Å². The number of anilines is 1. The van der Waals surface area contributed by atoms with E-state index in [4.69, 9.17) is 9.72 Å². The van der Waals surface area contributed by atoms with Crippen molar-refractivity contribution in [2.24, 2.45) is 5.92 Å². The number of hydrogen-bond acceptors (Lipinski definition) is 6. The molecule has 2 amide bonds. The van der Waals surface area contributed by atoms with E-state index in [0.29, 0.717) is 30.8 Å². The molecule has 3 atom stereocenters. The van der Waals surface area contributed by atoms with Gasteiger partial charge in [0.2, 0.25) is 17.7 Å². The molecule has 2 aliphatic heterocycles. The molecule has 0 N–H and O–H groups in total. The molecule has 47 heavy (non-hydrogen) atoms. The summed E-state index contributed by atoms with van der Waals surface area (Å²) in [5.41, 5.74) is -1.70. The Balaban J connectivity index is 1.63. The minimum absolute atomic E-state index is 0.00707. The first-order chi connectivity index (χ1) is 21.9. The lowest BCUT2D eigenvalue weighted by Gasteiger charge is -2.44. The van der Waals surface area contributed by atoms with Gasteiger partial charge in [-0.25, -0.2) is 4.98 Å². The second-order valence-electron chi connectivity index (χ2n) is 12.4. The topological polar surface area (TPSA) is 78.9 Å². The van der Waals surface area contributed by atoms with Crippen molar-refractivity contribution < 1.29 is 40.7 Å². The van der Waals surface area contributed by atoms with Crippen LogP contribution in [-0.4, -0.2) is 69.9 Å². The van der Waals surface area contributed by atoms with Crippen LogP contribution in [0, 0.1) is 12.8 Å². The summed E-state index contributed by atoms with van der Waals surface area (Å²) < 4.78 is 88.0. The summed E-state index contributed by atoms with van der Waals surface area (Å²) in [5, 5.41) is 0. The van der Waals surface area contributed by atoms with Crippen molar-refractivity contribution in [2.45, 2.75) is 65.6 Å². The predicted octanol–water partition coefficient (Wildman–Crippen LogP) is 6.61. The molecule has 2 aliphatic rings. The van der Waals surface area contributed by atoms with E-state index in [1.165, 1.54) is 11.8 Å². The first-order valence-electron chi connectivity index (χ1n) is 15.2. The van der Waals surface area contributed by atoms with Crippen LogP contribution in [0.3, 0.4) is 0 Å². The van der Waals surface area contributed by atoms with Gasteiger partial charge in [-0.05, 0) is 50.1 Å². The monoisotopic (exact) mass is 663 g/mol. The third-order valence-corrected chi connectivity index (χ3v) is 8.39. The zero-order valence-electron chi connectivity index (χ0n) is 26.5. The second-order valence-corrected chi connectivity index (χ2v) is 12.4. The standard InChI is InChI=1S/C33H35F6N5O3/c1-18-13-42(16-23-10-24(32(34,35)36)12-25(11-23)33(37,38)39)30(46)27-28(26-9-7-6-8-19(26)2)40-31(41-29(27)47-17-18)43-14-20(3)44(22(5)45)21(4)15-43/h6-12,18,20-21H,13-17H2,1-5H3/t18-,20?,21?/m1/s1. The normalized spacial score (nSPS) is 20.8. The summed E-state index contributed by atoms with van der Waals surface area (Å²) in [6, 6.07) is 8.16. The predicted molar refractivity (Wildman–Crippen MR) is 162 cm³/mol. The Hall–Kier alpha value is -4.36. The van der Waals surface area contributed by atoms with Crippen LogP contribution in [0.1, 0.15) is 60.3 Å². The minimum atomic E-state index is -5.03. The number of aryl methyl sites for hydroxylation is 1. The first-order valence-corrected chi connectivity index (χ1v) is 15.2. The molecule has 0 saturated carbocycles. The Kier molecular flexibility index (Phi) is 9.17. The molecule has 3 aromatic rings. The number of ether oxygens (including phenoxy) is 1. The van der Waals surface area contributed by atoms with E-state index in [2.05, 4.69) is 4.98 Å². The highest BCUT2D eigenvalue weighted by atomic mass is 19.4. The molecule has 2 aromatic carbocycles. The van der Waals surface area contributed by atoms with Crippen LogP contribution < -0.4 is 9.64 Å². The molecule has 8 nitrogen and oxygen atoms in total. The molecule has 1 aromatic heterocycles. The van der Waals surface area contributed by atoms with Crippen LogP contribution in [0.2, 0.25) is 0 Å². The van der Waals surface area contributed by atoms with Gasteiger partial charge in [-0.3, -0.25) is 9.59 Å². The lowest BCUT2D eigenvalue weighted by Crippen LogP contribution is -2.58. The van der Waals surface area contributed by atoms with E-state index in [9.17, 15) is 35.9 Å². The third-order valence-electron chi connectivity index (χ3n) is 8.39. The van der Waals surface area contributed by atoms with Gasteiger partial charge in [-0.2, -0.15) is 31.3 Å². The van der Waals surface area contributed by atoms with Crippen molar-refractivity contribution in [2.75, 3.05) is 31.1 Å². The highest BCUT2D eigenvalue weighted by Crippen LogP contribution is 2.38. The number of nitrogens with zero attached hydrogens (tertiary/aromatic N) is 5. The molecule has 252 valence electrons. The average Bonchev–Trinajstić information content (AvgIpc) is 2.97. The Bertz CT molecular complexity index is 1630. The summed E-state index contributed by atoms with van der Waals surface area (Å²) >= 11 is 0. The number of benzene rings is 2. The molecule has 1 saturated heterocycles. The quantitative estimate of drug-likeness (QED) is 0.293. The maximum Gasteiger partial charge on any atom is 0.416 e. The van der Waals surface area contributed by atoms with Gasteiger partial charge in [0.05, 0.1) is 23.4 Å². The molecule has 3 heterocycles. The molecule has 5 rings (SSSR count). The van der Waals surface area contributed by atoms with Crippen LogP contribution in [0.5, 0.6) is 5.88 Å². The van der Waals surface area contributed by atoms with Gasteiger partial charge in [-0.15, -0.1) is 0 Å². The number of fused-ring (bicyclic) bond motifs is 1. The molecule has 2 unspecified atom stereocenters. The van der Waals surface area contributed by atoms with Gasteiger partial charge in [0.1, 0.15) is 5.56 Å². The van der Waals surface area contributed by atoms with Crippen molar-refractivity contribution in [1.29, 1.82) is 0 Å². The molecule has 0 bridgehead atoms. The fourth-order valence-electron chi connectivity index (χ4n) is 6.37. The van der Waals surface area contributed by atoms with E-state index >= 15 is 0 Å². The molecule has 0 spiro atoms. The molecule has 14 heteroatoms. The number of alkyl halides is 6. The number of piperazine rings is 1. The van der Waals surface area contributed by atoms with Crippen LogP contribution in [0.4, 0.5) is 32.3 Å².